The summed E-state index contributed by atoms with van der Waals surface area (Å²) in [7, 11) is 0. The van der Waals surface area contributed by atoms with Gasteiger partial charge in [-0.25, -0.2) is 4.98 Å². The third-order valence-electron chi connectivity index (χ3n) is 1.91. The van der Waals surface area contributed by atoms with Gasteiger partial charge in [-0.1, -0.05) is 0 Å². The molecule has 0 aliphatic carbocycles. The van der Waals surface area contributed by atoms with Crippen molar-refractivity contribution >= 4 is 17.3 Å². The van der Waals surface area contributed by atoms with Crippen molar-refractivity contribution in [3.05, 3.63) is 34.3 Å². The fraction of sp³-hybridized carbons (Fsp3) is 0.222. The molecule has 2 aromatic rings. The Kier molecular flexibility index (Phi) is 2.31. The fourth-order valence-corrected chi connectivity index (χ4v) is 1.92. The predicted octanol–water partition coefficient (Wildman–Crippen LogP) is 1.84. The maximum Gasteiger partial charge on any atom is 0.197 e. The molecule has 2 aromatic heterocycles. The largest absolute Gasteiger partial charge is 0.369 e. The van der Waals surface area contributed by atoms with Crippen molar-refractivity contribution < 1.29 is 0 Å². The number of aryl methyl sites for hydroxylation is 2. The van der Waals surface area contributed by atoms with Crippen molar-refractivity contribution in [1.29, 1.82) is 0 Å². The molecule has 0 aliphatic rings. The Hall–Kier alpha value is -1.29. The van der Waals surface area contributed by atoms with Gasteiger partial charge in [-0.15, -0.1) is 0 Å². The molecule has 0 saturated heterocycles. The average Bonchev–Trinajstić information content (AvgIpc) is 2.71. The molecule has 3 nitrogen and oxygen atoms in total. The smallest absolute Gasteiger partial charge is 0.197 e. The highest BCUT2D eigenvalue weighted by molar-refractivity contribution is 7.07. The third-order valence-corrected chi connectivity index (χ3v) is 2.64. The molecule has 0 radical (unpaired) electrons. The second kappa shape index (κ2) is 3.62. The van der Waals surface area contributed by atoms with E-state index >= 15 is 0 Å². The van der Waals surface area contributed by atoms with Crippen LogP contribution in [-0.2, 0) is 12.8 Å². The highest BCUT2D eigenvalue weighted by atomic mass is 32.1. The molecule has 0 aliphatic heterocycles. The zero-order valence-corrected chi connectivity index (χ0v) is 7.97. The van der Waals surface area contributed by atoms with Crippen LogP contribution < -0.4 is 5.73 Å². The summed E-state index contributed by atoms with van der Waals surface area (Å²) in [6, 6.07) is 2.14. The Balaban J connectivity index is 1.93. The van der Waals surface area contributed by atoms with Crippen molar-refractivity contribution in [2.24, 2.45) is 0 Å². The molecule has 2 heterocycles. The summed E-state index contributed by atoms with van der Waals surface area (Å²) in [4.78, 5) is 6.95. The average molecular weight is 193 g/mol. The van der Waals surface area contributed by atoms with Crippen LogP contribution >= 0.6 is 11.3 Å². The van der Waals surface area contributed by atoms with E-state index in [0.29, 0.717) is 5.95 Å². The first-order chi connectivity index (χ1) is 6.34. The van der Waals surface area contributed by atoms with E-state index in [4.69, 9.17) is 5.73 Å². The molecule has 68 valence electrons. The van der Waals surface area contributed by atoms with Gasteiger partial charge in [-0.05, 0) is 35.2 Å². The quantitative estimate of drug-likeness (QED) is 0.781. The van der Waals surface area contributed by atoms with Gasteiger partial charge in [-0.3, -0.25) is 0 Å². The molecule has 0 bridgehead atoms. The molecule has 4 heteroatoms. The van der Waals surface area contributed by atoms with Gasteiger partial charge in [0.05, 0.1) is 6.20 Å². The number of imidazole rings is 1. The Morgan fingerprint density at radius 1 is 1.46 bits per heavy atom. The van der Waals surface area contributed by atoms with Crippen LogP contribution in [0.3, 0.4) is 0 Å². The molecule has 3 N–H and O–H groups in total. The van der Waals surface area contributed by atoms with Gasteiger partial charge < -0.3 is 10.7 Å². The second-order valence-corrected chi connectivity index (χ2v) is 3.71. The molecular weight excluding hydrogens is 182 g/mol. The van der Waals surface area contributed by atoms with E-state index in [-0.39, 0.29) is 0 Å². The van der Waals surface area contributed by atoms with Crippen molar-refractivity contribution in [2.45, 2.75) is 12.8 Å². The van der Waals surface area contributed by atoms with Gasteiger partial charge in [0.2, 0.25) is 0 Å². The number of nitrogen functional groups attached to an aromatic ring is 1. The van der Waals surface area contributed by atoms with Crippen LogP contribution in [-0.4, -0.2) is 9.97 Å². The first-order valence-corrected chi connectivity index (χ1v) is 5.09. The Bertz CT molecular complexity index is 364. The highest BCUT2D eigenvalue weighted by Gasteiger charge is 1.98. The van der Waals surface area contributed by atoms with Gasteiger partial charge in [-0.2, -0.15) is 11.3 Å². The zero-order valence-electron chi connectivity index (χ0n) is 7.16. The number of aromatic nitrogens is 2. The first kappa shape index (κ1) is 8.31. The molecule has 0 unspecified atom stereocenters. The topological polar surface area (TPSA) is 54.7 Å². The van der Waals surface area contributed by atoms with E-state index in [0.717, 1.165) is 18.5 Å². The molecule has 13 heavy (non-hydrogen) atoms. The molecule has 0 aromatic carbocycles. The van der Waals surface area contributed by atoms with Crippen LogP contribution in [0.1, 0.15) is 11.3 Å². The van der Waals surface area contributed by atoms with E-state index in [1.54, 1.807) is 17.5 Å². The van der Waals surface area contributed by atoms with Crippen LogP contribution in [0.15, 0.2) is 23.0 Å². The summed E-state index contributed by atoms with van der Waals surface area (Å²) in [5.74, 6) is 0.500. The number of rotatable bonds is 3. The number of hydrogen-bond donors (Lipinski definition) is 2. The van der Waals surface area contributed by atoms with Crippen LogP contribution in [0.5, 0.6) is 0 Å². The van der Waals surface area contributed by atoms with Crippen molar-refractivity contribution in [3.8, 4) is 0 Å². The SMILES string of the molecule is Nc1ncc(CCc2ccsc2)[nH]1. The first-order valence-electron chi connectivity index (χ1n) is 4.15. The van der Waals surface area contributed by atoms with Gasteiger partial charge >= 0.3 is 0 Å². The number of nitrogens with one attached hydrogen (secondary N) is 1. The van der Waals surface area contributed by atoms with E-state index in [2.05, 4.69) is 26.8 Å². The van der Waals surface area contributed by atoms with Crippen LogP contribution in [0.4, 0.5) is 5.95 Å². The lowest BCUT2D eigenvalue weighted by atomic mass is 10.1. The molecule has 0 saturated carbocycles. The standard InChI is InChI=1S/C9H11N3S/c10-9-11-5-8(12-9)2-1-7-3-4-13-6-7/h3-6H,1-2H2,(H3,10,11,12). The molecule has 0 atom stereocenters. The molecule has 0 spiro atoms. The van der Waals surface area contributed by atoms with Crippen molar-refractivity contribution in [2.75, 3.05) is 5.73 Å². The molecule has 0 amide bonds. The molecule has 0 fully saturated rings. The third kappa shape index (κ3) is 2.09. The van der Waals surface area contributed by atoms with E-state index in [1.807, 2.05) is 0 Å². The monoisotopic (exact) mass is 193 g/mol. The number of nitrogens with two attached hydrogens (primary N) is 1. The summed E-state index contributed by atoms with van der Waals surface area (Å²) in [5, 5.41) is 4.26. The Labute approximate surface area is 80.6 Å². The van der Waals surface area contributed by atoms with Crippen molar-refractivity contribution in [3.63, 3.8) is 0 Å². The second-order valence-electron chi connectivity index (χ2n) is 2.93. The summed E-state index contributed by atoms with van der Waals surface area (Å²) in [6.07, 6.45) is 3.81. The lowest BCUT2D eigenvalue weighted by Gasteiger charge is -1.94. The lowest BCUT2D eigenvalue weighted by Crippen LogP contribution is -1.91. The van der Waals surface area contributed by atoms with Gasteiger partial charge in [0.1, 0.15) is 0 Å². The molecular formula is C9H11N3S. The van der Waals surface area contributed by atoms with Gasteiger partial charge in [0.25, 0.3) is 0 Å². The minimum absolute atomic E-state index is 0.500. The highest BCUT2D eigenvalue weighted by Crippen LogP contribution is 2.09. The fourth-order valence-electron chi connectivity index (χ4n) is 1.22. The lowest BCUT2D eigenvalue weighted by molar-refractivity contribution is 0.931. The maximum absolute atomic E-state index is 5.46. The minimum atomic E-state index is 0.500. The Morgan fingerprint density at radius 3 is 3.00 bits per heavy atom. The number of anilines is 1. The summed E-state index contributed by atoms with van der Waals surface area (Å²) in [5.41, 5.74) is 7.94. The minimum Gasteiger partial charge on any atom is -0.369 e. The Morgan fingerprint density at radius 2 is 2.38 bits per heavy atom. The van der Waals surface area contributed by atoms with Gasteiger partial charge in [0, 0.05) is 5.69 Å². The maximum atomic E-state index is 5.46. The number of hydrogen-bond acceptors (Lipinski definition) is 3. The normalized spacial score (nSPS) is 10.5. The summed E-state index contributed by atoms with van der Waals surface area (Å²) >= 11 is 1.73. The number of aromatic amines is 1. The summed E-state index contributed by atoms with van der Waals surface area (Å²) in [6.45, 7) is 0. The number of nitrogens with zero attached hydrogens (tertiary/aromatic N) is 1. The summed E-state index contributed by atoms with van der Waals surface area (Å²) < 4.78 is 0. The van der Waals surface area contributed by atoms with Crippen LogP contribution in [0.25, 0.3) is 0 Å². The van der Waals surface area contributed by atoms with E-state index < -0.39 is 0 Å². The van der Waals surface area contributed by atoms with E-state index in [1.165, 1.54) is 5.56 Å². The van der Waals surface area contributed by atoms with Crippen molar-refractivity contribution in [1.82, 2.24) is 9.97 Å². The molecule has 2 rings (SSSR count). The predicted molar refractivity (Wildman–Crippen MR) is 54.7 cm³/mol. The van der Waals surface area contributed by atoms with E-state index in [9.17, 15) is 0 Å². The zero-order chi connectivity index (χ0) is 9.10. The number of thiophene rings is 1. The van der Waals surface area contributed by atoms with Gasteiger partial charge in [0.15, 0.2) is 5.95 Å². The number of H-pyrrole nitrogens is 1. The van der Waals surface area contributed by atoms with Crippen LogP contribution in [0.2, 0.25) is 0 Å². The van der Waals surface area contributed by atoms with Crippen LogP contribution in [0, 0.1) is 0 Å².